The number of carbonyl (C=O) groups excluding carboxylic acids is 1. The van der Waals surface area contributed by atoms with Gasteiger partial charge in [-0.25, -0.2) is 0 Å². The molecule has 3 rings (SSSR count). The van der Waals surface area contributed by atoms with Crippen molar-refractivity contribution < 1.29 is 18.7 Å². The van der Waals surface area contributed by atoms with E-state index in [9.17, 15) is 4.79 Å². The Bertz CT molecular complexity index is 719. The van der Waals surface area contributed by atoms with E-state index in [4.69, 9.17) is 13.9 Å². The molecule has 0 bridgehead atoms. The minimum atomic E-state index is -0.127. The van der Waals surface area contributed by atoms with E-state index in [1.54, 1.807) is 13.4 Å². The molecule has 0 fully saturated rings. The van der Waals surface area contributed by atoms with Crippen LogP contribution in [0, 0.1) is 0 Å². The van der Waals surface area contributed by atoms with Crippen LogP contribution in [0.4, 0.5) is 0 Å². The molecule has 1 aromatic heterocycles. The second kappa shape index (κ2) is 6.60. The molecule has 1 unspecified atom stereocenters. The largest absolute Gasteiger partial charge is 0.497 e. The van der Waals surface area contributed by atoms with Gasteiger partial charge in [0.25, 0.3) is 5.91 Å². The summed E-state index contributed by atoms with van der Waals surface area (Å²) in [6.07, 6.45) is 4.12. The lowest BCUT2D eigenvalue weighted by Crippen LogP contribution is -2.36. The van der Waals surface area contributed by atoms with Crippen LogP contribution < -0.4 is 14.8 Å². The summed E-state index contributed by atoms with van der Waals surface area (Å²) >= 11 is 0. The fraction of sp³-hybridized carbons (Fsp3) is 0.278. The van der Waals surface area contributed by atoms with Crippen LogP contribution in [0.3, 0.4) is 0 Å². The zero-order valence-corrected chi connectivity index (χ0v) is 13.2. The van der Waals surface area contributed by atoms with Crippen LogP contribution in [0.15, 0.2) is 46.6 Å². The van der Waals surface area contributed by atoms with Gasteiger partial charge >= 0.3 is 0 Å². The number of fused-ring (bicyclic) bond motifs is 1. The summed E-state index contributed by atoms with van der Waals surface area (Å²) in [5, 5.41) is 2.97. The molecule has 0 saturated carbocycles. The first-order valence-corrected chi connectivity index (χ1v) is 7.50. The van der Waals surface area contributed by atoms with Crippen molar-refractivity contribution in [2.24, 2.45) is 0 Å². The summed E-state index contributed by atoms with van der Waals surface area (Å²) in [5.74, 6) is 2.21. The monoisotopic (exact) mass is 313 g/mol. The zero-order chi connectivity index (χ0) is 16.2. The van der Waals surface area contributed by atoms with E-state index < -0.39 is 0 Å². The number of amides is 1. The maximum Gasteiger partial charge on any atom is 0.250 e. The van der Waals surface area contributed by atoms with Crippen molar-refractivity contribution in [3.05, 3.63) is 53.5 Å². The van der Waals surface area contributed by atoms with Gasteiger partial charge in [0, 0.05) is 18.0 Å². The van der Waals surface area contributed by atoms with Crippen LogP contribution in [0.25, 0.3) is 6.08 Å². The van der Waals surface area contributed by atoms with E-state index in [1.807, 2.05) is 43.3 Å². The van der Waals surface area contributed by atoms with E-state index >= 15 is 0 Å². The molecule has 1 aromatic carbocycles. The molecule has 1 atom stereocenters. The molecule has 0 spiro atoms. The van der Waals surface area contributed by atoms with Crippen LogP contribution in [0.5, 0.6) is 11.5 Å². The zero-order valence-electron chi connectivity index (χ0n) is 13.2. The molecule has 23 heavy (non-hydrogen) atoms. The van der Waals surface area contributed by atoms with E-state index in [0.29, 0.717) is 12.0 Å². The number of rotatable bonds is 5. The lowest BCUT2D eigenvalue weighted by Gasteiger charge is -2.20. The minimum Gasteiger partial charge on any atom is -0.497 e. The molecule has 0 radical (unpaired) electrons. The highest BCUT2D eigenvalue weighted by molar-refractivity contribution is 5.99. The third-order valence-electron chi connectivity index (χ3n) is 3.69. The normalized spacial score (nSPS) is 14.3. The lowest BCUT2D eigenvalue weighted by molar-refractivity contribution is -0.118. The summed E-state index contributed by atoms with van der Waals surface area (Å²) in [5.41, 5.74) is 1.44. The Balaban J connectivity index is 1.68. The Morgan fingerprint density at radius 3 is 3.00 bits per heavy atom. The van der Waals surface area contributed by atoms with E-state index in [1.165, 1.54) is 0 Å². The van der Waals surface area contributed by atoms with Crippen molar-refractivity contribution in [3.8, 4) is 11.5 Å². The highest BCUT2D eigenvalue weighted by atomic mass is 16.5. The van der Waals surface area contributed by atoms with Gasteiger partial charge in [-0.2, -0.15) is 0 Å². The summed E-state index contributed by atoms with van der Waals surface area (Å²) in [6, 6.07) is 9.25. The lowest BCUT2D eigenvalue weighted by atomic mass is 10.1. The van der Waals surface area contributed by atoms with Gasteiger partial charge < -0.3 is 19.2 Å². The average molecular weight is 313 g/mol. The number of methoxy groups -OCH3 is 1. The van der Waals surface area contributed by atoms with Crippen LogP contribution in [0.1, 0.15) is 18.2 Å². The molecular formula is C18H19NO4. The maximum absolute atomic E-state index is 12.4. The van der Waals surface area contributed by atoms with Crippen molar-refractivity contribution in [2.75, 3.05) is 13.7 Å². The Kier molecular flexibility index (Phi) is 4.37. The number of nitrogens with one attached hydrogen (secondary N) is 1. The minimum absolute atomic E-state index is 0.0266. The molecule has 120 valence electrons. The Labute approximate surface area is 134 Å². The molecule has 1 aliphatic rings. The Morgan fingerprint density at radius 1 is 1.39 bits per heavy atom. The van der Waals surface area contributed by atoms with Gasteiger partial charge in [-0.1, -0.05) is 0 Å². The summed E-state index contributed by atoms with van der Waals surface area (Å²) in [4.78, 5) is 12.4. The first kappa shape index (κ1) is 15.2. The molecule has 5 nitrogen and oxygen atoms in total. The molecule has 1 N–H and O–H groups in total. The first-order chi connectivity index (χ1) is 11.2. The summed E-state index contributed by atoms with van der Waals surface area (Å²) < 4.78 is 16.1. The Hall–Kier alpha value is -2.69. The van der Waals surface area contributed by atoms with Crippen molar-refractivity contribution in [3.63, 3.8) is 0 Å². The third kappa shape index (κ3) is 3.56. The Morgan fingerprint density at radius 2 is 2.26 bits per heavy atom. The van der Waals surface area contributed by atoms with Crippen molar-refractivity contribution in [1.82, 2.24) is 5.32 Å². The van der Waals surface area contributed by atoms with Crippen LogP contribution >= 0.6 is 0 Å². The highest BCUT2D eigenvalue weighted by Crippen LogP contribution is 2.29. The van der Waals surface area contributed by atoms with Crippen LogP contribution in [-0.2, 0) is 11.2 Å². The van der Waals surface area contributed by atoms with Crippen molar-refractivity contribution in [2.45, 2.75) is 19.4 Å². The highest BCUT2D eigenvalue weighted by Gasteiger charge is 2.19. The van der Waals surface area contributed by atoms with Crippen LogP contribution in [0.2, 0.25) is 0 Å². The van der Waals surface area contributed by atoms with Crippen molar-refractivity contribution >= 4 is 12.0 Å². The van der Waals surface area contributed by atoms with Gasteiger partial charge in [-0.3, -0.25) is 4.79 Å². The molecular weight excluding hydrogens is 294 g/mol. The quantitative estimate of drug-likeness (QED) is 0.922. The second-order valence-electron chi connectivity index (χ2n) is 5.52. The summed E-state index contributed by atoms with van der Waals surface area (Å²) in [6.45, 7) is 2.21. The number of benzene rings is 1. The molecule has 2 aromatic rings. The molecule has 0 saturated heterocycles. The first-order valence-electron chi connectivity index (χ1n) is 7.50. The van der Waals surface area contributed by atoms with Gasteiger partial charge in [-0.05, 0) is 43.3 Å². The fourth-order valence-electron chi connectivity index (χ4n) is 2.51. The predicted octanol–water partition coefficient (Wildman–Crippen LogP) is 2.81. The number of ether oxygens (including phenoxy) is 2. The number of hydrogen-bond donors (Lipinski definition) is 1. The molecule has 1 amide bonds. The van der Waals surface area contributed by atoms with Gasteiger partial charge in [0.2, 0.25) is 0 Å². The molecule has 2 heterocycles. The van der Waals surface area contributed by atoms with Gasteiger partial charge in [-0.15, -0.1) is 0 Å². The topological polar surface area (TPSA) is 60.7 Å². The average Bonchev–Trinajstić information content (AvgIpc) is 3.06. The second-order valence-corrected chi connectivity index (χ2v) is 5.52. The maximum atomic E-state index is 12.4. The van der Waals surface area contributed by atoms with Gasteiger partial charge in [0.1, 0.15) is 23.9 Å². The SMILES string of the molecule is COc1ccc2c(c1)C=C(C(=O)NC(C)Cc1ccco1)CO2. The molecule has 5 heteroatoms. The standard InChI is InChI=1S/C18H19NO4/c1-12(8-16-4-3-7-22-16)19-18(20)14-9-13-10-15(21-2)5-6-17(13)23-11-14/h3-7,9-10,12H,8,11H2,1-2H3,(H,19,20). The van der Waals surface area contributed by atoms with E-state index in [2.05, 4.69) is 5.32 Å². The third-order valence-corrected chi connectivity index (χ3v) is 3.69. The molecule has 1 aliphatic heterocycles. The smallest absolute Gasteiger partial charge is 0.250 e. The van der Waals surface area contributed by atoms with Crippen LogP contribution in [-0.4, -0.2) is 25.7 Å². The van der Waals surface area contributed by atoms with E-state index in [0.717, 1.165) is 22.8 Å². The van der Waals surface area contributed by atoms with Crippen molar-refractivity contribution in [1.29, 1.82) is 0 Å². The predicted molar refractivity (Wildman–Crippen MR) is 86.5 cm³/mol. The molecule has 0 aliphatic carbocycles. The number of hydrogen-bond acceptors (Lipinski definition) is 4. The summed E-state index contributed by atoms with van der Waals surface area (Å²) in [7, 11) is 1.61. The number of furan rings is 1. The fourth-order valence-corrected chi connectivity index (χ4v) is 2.51. The van der Waals surface area contributed by atoms with Gasteiger partial charge in [0.15, 0.2) is 0 Å². The van der Waals surface area contributed by atoms with E-state index in [-0.39, 0.29) is 18.6 Å². The van der Waals surface area contributed by atoms with Gasteiger partial charge in [0.05, 0.1) is 18.9 Å². The number of carbonyl (C=O) groups is 1.